The summed E-state index contributed by atoms with van der Waals surface area (Å²) >= 11 is 1.37. The molecule has 8 heteroatoms. The third-order valence-corrected chi connectivity index (χ3v) is 9.09. The summed E-state index contributed by atoms with van der Waals surface area (Å²) in [6.45, 7) is 0.0685. The lowest BCUT2D eigenvalue weighted by Crippen LogP contribution is -2.38. The van der Waals surface area contributed by atoms with Crippen LogP contribution in [0.4, 0.5) is 4.39 Å². The number of halogens is 1. The lowest BCUT2D eigenvalue weighted by atomic mass is 9.83. The Morgan fingerprint density at radius 3 is 2.61 bits per heavy atom. The summed E-state index contributed by atoms with van der Waals surface area (Å²) in [5.41, 5.74) is 6.58. The number of benzene rings is 4. The van der Waals surface area contributed by atoms with Gasteiger partial charge in [0, 0.05) is 11.1 Å². The van der Waals surface area contributed by atoms with E-state index in [2.05, 4.69) is 18.2 Å². The molecule has 44 heavy (non-hydrogen) atoms. The van der Waals surface area contributed by atoms with Gasteiger partial charge in [-0.25, -0.2) is 9.38 Å². The highest BCUT2D eigenvalue weighted by Crippen LogP contribution is 2.41. The smallest absolute Gasteiger partial charge is 0.271 e. The standard InChI is InChI=1S/C36H29FN2O4S/c1-41-26-11-7-10-24(20-26)34-28-16-15-23-8-3-5-12-27(23)33(28)38-36-39(34)35(40)32(44-36)19-22-14-17-30(31(18-22)42-2)43-21-25-9-4-6-13-29(25)37/h3-14,17-20,34H,15-16,21H2,1-2H3/b32-19-/t34-/m1/s1. The first-order valence-corrected chi connectivity index (χ1v) is 15.2. The largest absolute Gasteiger partial charge is 0.497 e. The maximum atomic E-state index is 14.1. The van der Waals surface area contributed by atoms with Crippen molar-refractivity contribution >= 4 is 23.1 Å². The second-order valence-electron chi connectivity index (χ2n) is 10.7. The van der Waals surface area contributed by atoms with E-state index in [-0.39, 0.29) is 24.0 Å². The van der Waals surface area contributed by atoms with E-state index >= 15 is 0 Å². The van der Waals surface area contributed by atoms with Crippen molar-refractivity contribution in [3.05, 3.63) is 150 Å². The number of allylic oxidation sites excluding steroid dienone is 1. The van der Waals surface area contributed by atoms with E-state index in [0.29, 0.717) is 26.4 Å². The van der Waals surface area contributed by atoms with Gasteiger partial charge in [0.15, 0.2) is 16.3 Å². The predicted octanol–water partition coefficient (Wildman–Crippen LogP) is 6.05. The monoisotopic (exact) mass is 604 g/mol. The molecule has 0 bridgehead atoms. The highest BCUT2D eigenvalue weighted by molar-refractivity contribution is 7.07. The van der Waals surface area contributed by atoms with E-state index in [9.17, 15) is 9.18 Å². The zero-order valence-electron chi connectivity index (χ0n) is 24.2. The topological polar surface area (TPSA) is 62.0 Å². The van der Waals surface area contributed by atoms with Gasteiger partial charge in [-0.1, -0.05) is 72.0 Å². The van der Waals surface area contributed by atoms with E-state index in [1.54, 1.807) is 38.5 Å². The number of aryl methyl sites for hydroxylation is 1. The first-order valence-electron chi connectivity index (χ1n) is 14.4. The Hall–Kier alpha value is -4.95. The zero-order chi connectivity index (χ0) is 30.2. The molecule has 2 aliphatic rings. The van der Waals surface area contributed by atoms with Crippen LogP contribution in [-0.2, 0) is 13.0 Å². The normalized spacial score (nSPS) is 15.6. The highest BCUT2D eigenvalue weighted by Gasteiger charge is 2.32. The molecule has 6 nitrogen and oxygen atoms in total. The van der Waals surface area contributed by atoms with Gasteiger partial charge in [0.1, 0.15) is 18.2 Å². The average molecular weight is 605 g/mol. The summed E-state index contributed by atoms with van der Waals surface area (Å²) in [7, 11) is 3.20. The average Bonchev–Trinajstić information content (AvgIpc) is 3.37. The Labute approximate surface area is 257 Å². The van der Waals surface area contributed by atoms with Crippen LogP contribution < -0.4 is 29.1 Å². The van der Waals surface area contributed by atoms with Gasteiger partial charge in [0.25, 0.3) is 5.56 Å². The Kier molecular flexibility index (Phi) is 7.36. The van der Waals surface area contributed by atoms with Crippen molar-refractivity contribution in [1.29, 1.82) is 0 Å². The number of nitrogens with zero attached hydrogens (tertiary/aromatic N) is 2. The minimum atomic E-state index is -0.323. The number of rotatable bonds is 7. The van der Waals surface area contributed by atoms with Crippen molar-refractivity contribution in [3.8, 4) is 17.2 Å². The molecule has 1 atom stereocenters. The first-order chi connectivity index (χ1) is 21.5. The highest BCUT2D eigenvalue weighted by atomic mass is 32.1. The fraction of sp³-hybridized carbons (Fsp3) is 0.167. The molecule has 5 aromatic rings. The van der Waals surface area contributed by atoms with Gasteiger partial charge in [0.2, 0.25) is 0 Å². The van der Waals surface area contributed by atoms with Crippen LogP contribution in [0.25, 0.3) is 11.8 Å². The molecule has 0 amide bonds. The van der Waals surface area contributed by atoms with Crippen LogP contribution in [0, 0.1) is 5.82 Å². The molecule has 2 heterocycles. The zero-order valence-corrected chi connectivity index (χ0v) is 25.1. The van der Waals surface area contributed by atoms with E-state index in [1.165, 1.54) is 23.0 Å². The van der Waals surface area contributed by atoms with Gasteiger partial charge in [0.05, 0.1) is 30.5 Å². The molecule has 1 aliphatic carbocycles. The number of hydrogen-bond acceptors (Lipinski definition) is 6. The molecular formula is C36H29FN2O4S. The van der Waals surface area contributed by atoms with E-state index in [0.717, 1.165) is 46.6 Å². The first kappa shape index (κ1) is 27.9. The number of methoxy groups -OCH3 is 2. The van der Waals surface area contributed by atoms with Crippen LogP contribution in [0.2, 0.25) is 0 Å². The second kappa shape index (κ2) is 11.6. The lowest BCUT2D eigenvalue weighted by Gasteiger charge is -2.31. The SMILES string of the molecule is COc1cccc([C@@H]2C3=C(N=c4s/c(=C\c5ccc(OCc6ccccc6F)c(OC)c5)c(=O)n42)c2ccccc2CC3)c1. The molecule has 0 saturated heterocycles. The molecule has 0 unspecified atom stereocenters. The van der Waals surface area contributed by atoms with Crippen LogP contribution in [0.5, 0.6) is 17.2 Å². The summed E-state index contributed by atoms with van der Waals surface area (Å²) in [5, 5.41) is 0. The number of hydrogen-bond donors (Lipinski definition) is 0. The van der Waals surface area contributed by atoms with Crippen LogP contribution >= 0.6 is 11.3 Å². The molecule has 0 saturated carbocycles. The Morgan fingerprint density at radius 2 is 1.77 bits per heavy atom. The summed E-state index contributed by atoms with van der Waals surface area (Å²) in [6.07, 6.45) is 3.56. The molecule has 0 radical (unpaired) electrons. The molecule has 4 aromatic carbocycles. The maximum Gasteiger partial charge on any atom is 0.271 e. The molecule has 1 aromatic heterocycles. The number of thiazole rings is 1. The lowest BCUT2D eigenvalue weighted by molar-refractivity contribution is 0.279. The number of aromatic nitrogens is 1. The Morgan fingerprint density at radius 1 is 0.932 bits per heavy atom. The second-order valence-corrected chi connectivity index (χ2v) is 11.7. The van der Waals surface area contributed by atoms with Crippen molar-refractivity contribution in [1.82, 2.24) is 4.57 Å². The fourth-order valence-corrected chi connectivity index (χ4v) is 6.95. The summed E-state index contributed by atoms with van der Waals surface area (Å²) in [6, 6.07) is 28.0. The fourth-order valence-electron chi connectivity index (χ4n) is 5.95. The number of fused-ring (bicyclic) bond motifs is 3. The maximum absolute atomic E-state index is 14.1. The third kappa shape index (κ3) is 5.01. The van der Waals surface area contributed by atoms with Crippen LogP contribution in [0.1, 0.15) is 40.3 Å². The van der Waals surface area contributed by atoms with Crippen molar-refractivity contribution in [2.75, 3.05) is 14.2 Å². The molecule has 220 valence electrons. The van der Waals surface area contributed by atoms with Crippen molar-refractivity contribution in [2.24, 2.45) is 4.99 Å². The minimum absolute atomic E-state index is 0.0685. The van der Waals surface area contributed by atoms with Gasteiger partial charge < -0.3 is 14.2 Å². The van der Waals surface area contributed by atoms with Gasteiger partial charge in [-0.15, -0.1) is 0 Å². The molecule has 0 N–H and O–H groups in total. The summed E-state index contributed by atoms with van der Waals surface area (Å²) in [4.78, 5) is 19.9. The van der Waals surface area contributed by atoms with Crippen LogP contribution in [0.3, 0.4) is 0 Å². The van der Waals surface area contributed by atoms with E-state index in [1.807, 2.05) is 53.1 Å². The van der Waals surface area contributed by atoms with Gasteiger partial charge >= 0.3 is 0 Å². The molecule has 7 rings (SSSR count). The predicted molar refractivity (Wildman–Crippen MR) is 169 cm³/mol. The van der Waals surface area contributed by atoms with Crippen molar-refractivity contribution < 1.29 is 18.6 Å². The molecule has 0 spiro atoms. The summed E-state index contributed by atoms with van der Waals surface area (Å²) < 4.78 is 33.5. The van der Waals surface area contributed by atoms with Crippen LogP contribution in [0.15, 0.2) is 106 Å². The van der Waals surface area contributed by atoms with E-state index < -0.39 is 0 Å². The molecule has 1 aliphatic heterocycles. The third-order valence-electron chi connectivity index (χ3n) is 8.11. The van der Waals surface area contributed by atoms with Crippen LogP contribution in [-0.4, -0.2) is 18.8 Å². The van der Waals surface area contributed by atoms with Crippen molar-refractivity contribution in [2.45, 2.75) is 25.5 Å². The van der Waals surface area contributed by atoms with Gasteiger partial charge in [-0.05, 0) is 71.5 Å². The van der Waals surface area contributed by atoms with Gasteiger partial charge in [-0.3, -0.25) is 9.36 Å². The Balaban J connectivity index is 1.32. The van der Waals surface area contributed by atoms with E-state index in [4.69, 9.17) is 19.2 Å². The summed E-state index contributed by atoms with van der Waals surface area (Å²) in [5.74, 6) is 1.39. The number of ether oxygens (including phenoxy) is 3. The minimum Gasteiger partial charge on any atom is -0.497 e. The quantitative estimate of drug-likeness (QED) is 0.227. The van der Waals surface area contributed by atoms with Gasteiger partial charge in [-0.2, -0.15) is 0 Å². The Bertz CT molecular complexity index is 2110. The molecule has 0 fully saturated rings. The molecular weight excluding hydrogens is 575 g/mol. The van der Waals surface area contributed by atoms with Crippen molar-refractivity contribution in [3.63, 3.8) is 0 Å².